The number of carbonyl (C=O) groups is 1. The van der Waals surface area contributed by atoms with Gasteiger partial charge in [-0.25, -0.2) is 9.78 Å². The number of fused-ring (bicyclic) bond motifs is 1. The lowest BCUT2D eigenvalue weighted by molar-refractivity contribution is 0.0719. The SMILES string of the molecule is CCCCc1cccc(-n2c([C@H](C)N(C(=O)O)C(C)(C)C)nc3cccc(Cl)c3c2=O)c1. The van der Waals surface area contributed by atoms with Gasteiger partial charge in [-0.05, 0) is 70.4 Å². The predicted molar refractivity (Wildman–Crippen MR) is 129 cm³/mol. The van der Waals surface area contributed by atoms with Crippen molar-refractivity contribution in [2.24, 2.45) is 0 Å². The summed E-state index contributed by atoms with van der Waals surface area (Å²) in [7, 11) is 0. The van der Waals surface area contributed by atoms with E-state index < -0.39 is 17.7 Å². The molecule has 0 saturated carbocycles. The minimum Gasteiger partial charge on any atom is -0.465 e. The van der Waals surface area contributed by atoms with E-state index in [1.807, 2.05) is 45.0 Å². The topological polar surface area (TPSA) is 75.4 Å². The van der Waals surface area contributed by atoms with Gasteiger partial charge in [0.25, 0.3) is 5.56 Å². The van der Waals surface area contributed by atoms with Gasteiger partial charge in [-0.15, -0.1) is 0 Å². The average Bonchev–Trinajstić information content (AvgIpc) is 2.70. The smallest absolute Gasteiger partial charge is 0.408 e. The molecule has 1 amide bonds. The Hall–Kier alpha value is -2.86. The first kappa shape index (κ1) is 23.8. The number of amides is 1. The molecule has 0 bridgehead atoms. The van der Waals surface area contributed by atoms with Crippen molar-refractivity contribution >= 4 is 28.6 Å². The van der Waals surface area contributed by atoms with Crippen molar-refractivity contribution in [2.45, 2.75) is 65.5 Å². The van der Waals surface area contributed by atoms with Gasteiger partial charge < -0.3 is 5.11 Å². The Kier molecular flexibility index (Phi) is 6.94. The molecule has 0 aliphatic heterocycles. The molecule has 6 nitrogen and oxygen atoms in total. The molecule has 7 heteroatoms. The van der Waals surface area contributed by atoms with Gasteiger partial charge in [-0.1, -0.05) is 43.1 Å². The van der Waals surface area contributed by atoms with E-state index in [-0.39, 0.29) is 5.56 Å². The van der Waals surface area contributed by atoms with Crippen LogP contribution in [0.5, 0.6) is 0 Å². The number of nitrogens with zero attached hydrogens (tertiary/aromatic N) is 3. The quantitative estimate of drug-likeness (QED) is 0.478. The van der Waals surface area contributed by atoms with E-state index in [1.54, 1.807) is 25.1 Å². The highest BCUT2D eigenvalue weighted by Crippen LogP contribution is 2.30. The summed E-state index contributed by atoms with van der Waals surface area (Å²) in [5, 5.41) is 10.6. The van der Waals surface area contributed by atoms with Gasteiger partial charge in [0.05, 0.1) is 27.7 Å². The number of aryl methyl sites for hydroxylation is 1. The van der Waals surface area contributed by atoms with E-state index in [0.29, 0.717) is 27.4 Å². The summed E-state index contributed by atoms with van der Waals surface area (Å²) >= 11 is 6.38. The zero-order valence-corrected chi connectivity index (χ0v) is 20.0. The number of hydrogen-bond acceptors (Lipinski definition) is 3. The third kappa shape index (κ3) is 4.65. The molecule has 0 spiro atoms. The highest BCUT2D eigenvalue weighted by Gasteiger charge is 2.34. The molecule has 0 aliphatic rings. The number of unbranched alkanes of at least 4 members (excludes halogenated alkanes) is 1. The molecule has 1 atom stereocenters. The monoisotopic (exact) mass is 455 g/mol. The van der Waals surface area contributed by atoms with Crippen LogP contribution in [0.2, 0.25) is 5.02 Å². The lowest BCUT2D eigenvalue weighted by Gasteiger charge is -2.38. The normalized spacial score (nSPS) is 12.7. The Balaban J connectivity index is 2.33. The molecule has 0 fully saturated rings. The van der Waals surface area contributed by atoms with E-state index in [0.717, 1.165) is 24.8 Å². The molecule has 3 aromatic rings. The molecule has 1 N–H and O–H groups in total. The maximum atomic E-state index is 13.7. The van der Waals surface area contributed by atoms with Gasteiger partial charge >= 0.3 is 6.09 Å². The highest BCUT2D eigenvalue weighted by atomic mass is 35.5. The van der Waals surface area contributed by atoms with Crippen LogP contribution in [0.3, 0.4) is 0 Å². The average molecular weight is 456 g/mol. The summed E-state index contributed by atoms with van der Waals surface area (Å²) in [4.78, 5) is 32.0. The van der Waals surface area contributed by atoms with Crippen molar-refractivity contribution in [3.8, 4) is 5.69 Å². The largest absolute Gasteiger partial charge is 0.465 e. The van der Waals surface area contributed by atoms with Crippen LogP contribution in [0.1, 0.15) is 64.9 Å². The van der Waals surface area contributed by atoms with Crippen molar-refractivity contribution in [2.75, 3.05) is 0 Å². The van der Waals surface area contributed by atoms with E-state index in [2.05, 4.69) is 6.92 Å². The third-order valence-corrected chi connectivity index (χ3v) is 5.87. The molecular formula is C25H30ClN3O3. The second-order valence-corrected chi connectivity index (χ2v) is 9.42. The van der Waals surface area contributed by atoms with Crippen LogP contribution in [0.15, 0.2) is 47.3 Å². The first-order valence-electron chi connectivity index (χ1n) is 10.9. The lowest BCUT2D eigenvalue weighted by atomic mass is 10.0. The van der Waals surface area contributed by atoms with Crippen LogP contribution in [-0.4, -0.2) is 31.2 Å². The number of rotatable bonds is 6. The molecule has 32 heavy (non-hydrogen) atoms. The molecule has 0 radical (unpaired) electrons. The van der Waals surface area contributed by atoms with Crippen LogP contribution in [-0.2, 0) is 6.42 Å². The maximum Gasteiger partial charge on any atom is 0.408 e. The van der Waals surface area contributed by atoms with Crippen molar-refractivity contribution < 1.29 is 9.90 Å². The second-order valence-electron chi connectivity index (χ2n) is 9.02. The first-order valence-corrected chi connectivity index (χ1v) is 11.3. The van der Waals surface area contributed by atoms with Crippen molar-refractivity contribution in [1.29, 1.82) is 0 Å². The summed E-state index contributed by atoms with van der Waals surface area (Å²) in [5.74, 6) is 0.356. The van der Waals surface area contributed by atoms with E-state index >= 15 is 0 Å². The molecule has 0 unspecified atom stereocenters. The van der Waals surface area contributed by atoms with Gasteiger partial charge in [0.2, 0.25) is 0 Å². The number of hydrogen-bond donors (Lipinski definition) is 1. The van der Waals surface area contributed by atoms with Gasteiger partial charge in [0.1, 0.15) is 5.82 Å². The number of aromatic nitrogens is 2. The first-order chi connectivity index (χ1) is 15.1. The highest BCUT2D eigenvalue weighted by molar-refractivity contribution is 6.35. The van der Waals surface area contributed by atoms with Crippen LogP contribution in [0, 0.1) is 0 Å². The van der Waals surface area contributed by atoms with E-state index in [1.165, 1.54) is 9.47 Å². The number of halogens is 1. The Morgan fingerprint density at radius 3 is 2.53 bits per heavy atom. The molecule has 2 aromatic carbocycles. The fourth-order valence-corrected chi connectivity index (χ4v) is 4.37. The zero-order chi connectivity index (χ0) is 23.6. The minimum atomic E-state index is -1.08. The maximum absolute atomic E-state index is 13.7. The molecule has 1 heterocycles. The van der Waals surface area contributed by atoms with Crippen molar-refractivity contribution in [3.63, 3.8) is 0 Å². The van der Waals surface area contributed by atoms with Crippen LogP contribution in [0.25, 0.3) is 16.6 Å². The fourth-order valence-electron chi connectivity index (χ4n) is 4.12. The zero-order valence-electron chi connectivity index (χ0n) is 19.2. The fraction of sp³-hybridized carbons (Fsp3) is 0.400. The standard InChI is InChI=1S/C25H30ClN3O3/c1-6-7-10-17-11-8-12-18(15-17)28-22(16(2)29(24(31)32)25(3,4)5)27-20-14-9-13-19(26)21(20)23(28)30/h8-9,11-16H,6-7,10H2,1-5H3,(H,31,32)/t16-/m0/s1. The summed E-state index contributed by atoms with van der Waals surface area (Å²) in [6, 6.07) is 12.2. The second kappa shape index (κ2) is 9.33. The Morgan fingerprint density at radius 2 is 1.91 bits per heavy atom. The number of benzene rings is 2. The van der Waals surface area contributed by atoms with E-state index in [4.69, 9.17) is 16.6 Å². The Labute approximate surface area is 193 Å². The third-order valence-electron chi connectivity index (χ3n) is 5.55. The number of carboxylic acid groups (broad SMARTS) is 1. The summed E-state index contributed by atoms with van der Waals surface area (Å²) in [6.45, 7) is 9.36. The van der Waals surface area contributed by atoms with Crippen molar-refractivity contribution in [3.05, 3.63) is 69.2 Å². The van der Waals surface area contributed by atoms with Crippen molar-refractivity contribution in [1.82, 2.24) is 14.5 Å². The lowest BCUT2D eigenvalue weighted by Crippen LogP contribution is -2.47. The molecule has 170 valence electrons. The molecule has 0 saturated heterocycles. The van der Waals surface area contributed by atoms with Crippen LogP contribution >= 0.6 is 11.6 Å². The van der Waals surface area contributed by atoms with Gasteiger partial charge in [-0.2, -0.15) is 0 Å². The van der Waals surface area contributed by atoms with E-state index in [9.17, 15) is 14.7 Å². The molecule has 3 rings (SSSR count). The van der Waals surface area contributed by atoms with Gasteiger partial charge in [-0.3, -0.25) is 14.3 Å². The summed E-state index contributed by atoms with van der Waals surface area (Å²) in [5.41, 5.74) is 1.20. The predicted octanol–water partition coefficient (Wildman–Crippen LogP) is 6.22. The Morgan fingerprint density at radius 1 is 1.22 bits per heavy atom. The summed E-state index contributed by atoms with van der Waals surface area (Å²) < 4.78 is 1.51. The molecular weight excluding hydrogens is 426 g/mol. The van der Waals surface area contributed by atoms with Crippen LogP contribution < -0.4 is 5.56 Å². The van der Waals surface area contributed by atoms with Crippen LogP contribution in [0.4, 0.5) is 4.79 Å². The summed E-state index contributed by atoms with van der Waals surface area (Å²) in [6.07, 6.45) is 1.93. The Bertz CT molecular complexity index is 1200. The van der Waals surface area contributed by atoms with Gasteiger partial charge in [0.15, 0.2) is 0 Å². The van der Waals surface area contributed by atoms with Gasteiger partial charge in [0, 0.05) is 5.54 Å². The minimum absolute atomic E-state index is 0.311. The molecule has 0 aliphatic carbocycles. The molecule has 1 aromatic heterocycles.